The van der Waals surface area contributed by atoms with Crippen molar-refractivity contribution in [2.45, 2.75) is 39.9 Å². The van der Waals surface area contributed by atoms with E-state index in [1.165, 1.54) is 0 Å². The number of hydrogen-bond acceptors (Lipinski definition) is 4. The fourth-order valence-electron chi connectivity index (χ4n) is 2.12. The van der Waals surface area contributed by atoms with Gasteiger partial charge in [-0.1, -0.05) is 12.1 Å². The molecule has 0 fully saturated rings. The van der Waals surface area contributed by atoms with Crippen molar-refractivity contribution in [1.29, 1.82) is 0 Å². The van der Waals surface area contributed by atoms with Crippen LogP contribution in [0.25, 0.3) is 0 Å². The summed E-state index contributed by atoms with van der Waals surface area (Å²) < 4.78 is 16.6. The van der Waals surface area contributed by atoms with Crippen LogP contribution in [-0.4, -0.2) is 25.2 Å². The predicted molar refractivity (Wildman–Crippen MR) is 92.3 cm³/mol. The van der Waals surface area contributed by atoms with E-state index in [0.29, 0.717) is 31.3 Å². The van der Waals surface area contributed by atoms with Crippen molar-refractivity contribution in [2.24, 2.45) is 0 Å². The molecule has 1 aromatic carbocycles. The third-order valence-electron chi connectivity index (χ3n) is 3.31. The molecule has 0 saturated heterocycles. The van der Waals surface area contributed by atoms with Gasteiger partial charge in [0.15, 0.2) is 5.76 Å². The Bertz CT molecular complexity index is 648. The van der Waals surface area contributed by atoms with Crippen molar-refractivity contribution < 1.29 is 18.7 Å². The average molecular weight is 331 g/mol. The Morgan fingerprint density at radius 2 is 2.08 bits per heavy atom. The normalized spacial score (nSPS) is 10.8. The number of furan rings is 1. The minimum absolute atomic E-state index is 0.210. The van der Waals surface area contributed by atoms with Crippen LogP contribution >= 0.6 is 0 Å². The first-order valence-corrected chi connectivity index (χ1v) is 8.22. The van der Waals surface area contributed by atoms with Gasteiger partial charge < -0.3 is 19.2 Å². The third kappa shape index (κ3) is 6.08. The van der Waals surface area contributed by atoms with Crippen molar-refractivity contribution >= 4 is 5.91 Å². The molecule has 0 bridgehead atoms. The zero-order valence-electron chi connectivity index (χ0n) is 14.5. The average Bonchev–Trinajstić information content (AvgIpc) is 3.01. The molecule has 1 aromatic heterocycles. The standard InChI is InChI=1S/C19H25NO4/c1-14(2)22-11-5-10-20-19(21)18-9-8-17(24-18)13-23-16-7-4-6-15(3)12-16/h4,6-9,12,14H,5,10-11,13H2,1-3H3,(H,20,21). The van der Waals surface area contributed by atoms with E-state index in [2.05, 4.69) is 5.32 Å². The second-order valence-corrected chi connectivity index (χ2v) is 5.90. The van der Waals surface area contributed by atoms with E-state index in [1.54, 1.807) is 12.1 Å². The summed E-state index contributed by atoms with van der Waals surface area (Å²) in [5.41, 5.74) is 1.13. The Kier molecular flexibility index (Phi) is 6.88. The van der Waals surface area contributed by atoms with E-state index in [4.69, 9.17) is 13.9 Å². The number of nitrogens with one attached hydrogen (secondary N) is 1. The van der Waals surface area contributed by atoms with Crippen molar-refractivity contribution in [3.63, 3.8) is 0 Å². The molecule has 5 nitrogen and oxygen atoms in total. The first kappa shape index (κ1) is 18.1. The summed E-state index contributed by atoms with van der Waals surface area (Å²) in [6, 6.07) is 11.2. The molecule has 0 aliphatic carbocycles. The van der Waals surface area contributed by atoms with Crippen LogP contribution in [0, 0.1) is 6.92 Å². The summed E-state index contributed by atoms with van der Waals surface area (Å²) in [6.45, 7) is 7.46. The van der Waals surface area contributed by atoms with E-state index < -0.39 is 0 Å². The highest BCUT2D eigenvalue weighted by Gasteiger charge is 2.11. The van der Waals surface area contributed by atoms with Gasteiger partial charge in [-0.15, -0.1) is 0 Å². The van der Waals surface area contributed by atoms with Crippen LogP contribution in [0.5, 0.6) is 5.75 Å². The second-order valence-electron chi connectivity index (χ2n) is 5.90. The molecule has 0 aliphatic rings. The minimum atomic E-state index is -0.221. The van der Waals surface area contributed by atoms with Gasteiger partial charge in [-0.2, -0.15) is 0 Å². The maximum absolute atomic E-state index is 12.0. The van der Waals surface area contributed by atoms with Crippen LogP contribution in [0.15, 0.2) is 40.8 Å². The van der Waals surface area contributed by atoms with Crippen LogP contribution in [0.1, 0.15) is 42.1 Å². The Labute approximate surface area is 143 Å². The highest BCUT2D eigenvalue weighted by Crippen LogP contribution is 2.16. The molecule has 1 heterocycles. The van der Waals surface area contributed by atoms with Crippen LogP contribution in [-0.2, 0) is 11.3 Å². The highest BCUT2D eigenvalue weighted by molar-refractivity contribution is 5.91. The minimum Gasteiger partial charge on any atom is -0.486 e. The Morgan fingerprint density at radius 3 is 2.83 bits per heavy atom. The fraction of sp³-hybridized carbons (Fsp3) is 0.421. The first-order valence-electron chi connectivity index (χ1n) is 8.22. The van der Waals surface area contributed by atoms with E-state index in [-0.39, 0.29) is 12.0 Å². The molecule has 0 atom stereocenters. The van der Waals surface area contributed by atoms with Crippen molar-refractivity contribution in [3.05, 3.63) is 53.5 Å². The zero-order chi connectivity index (χ0) is 17.4. The molecule has 0 unspecified atom stereocenters. The summed E-state index contributed by atoms with van der Waals surface area (Å²) in [4.78, 5) is 12.0. The number of aryl methyl sites for hydroxylation is 1. The fourth-order valence-corrected chi connectivity index (χ4v) is 2.12. The molecule has 5 heteroatoms. The lowest BCUT2D eigenvalue weighted by Gasteiger charge is -2.07. The second kappa shape index (κ2) is 9.13. The van der Waals surface area contributed by atoms with Gasteiger partial charge in [-0.3, -0.25) is 4.79 Å². The molecule has 1 amide bonds. The van der Waals surface area contributed by atoms with E-state index in [1.807, 2.05) is 45.0 Å². The van der Waals surface area contributed by atoms with Gasteiger partial charge in [-0.05, 0) is 57.0 Å². The third-order valence-corrected chi connectivity index (χ3v) is 3.31. The van der Waals surface area contributed by atoms with Crippen LogP contribution in [0.4, 0.5) is 0 Å². The van der Waals surface area contributed by atoms with E-state index in [0.717, 1.165) is 17.7 Å². The molecular formula is C19H25NO4. The Hall–Kier alpha value is -2.27. The number of carbonyl (C=O) groups excluding carboxylic acids is 1. The lowest BCUT2D eigenvalue weighted by atomic mass is 10.2. The Balaban J connectivity index is 1.74. The lowest BCUT2D eigenvalue weighted by Crippen LogP contribution is -2.25. The van der Waals surface area contributed by atoms with Gasteiger partial charge in [0.25, 0.3) is 5.91 Å². The van der Waals surface area contributed by atoms with Crippen LogP contribution < -0.4 is 10.1 Å². The van der Waals surface area contributed by atoms with Crippen molar-refractivity contribution in [2.75, 3.05) is 13.2 Å². The number of rotatable bonds is 9. The number of carbonyl (C=O) groups is 1. The smallest absolute Gasteiger partial charge is 0.286 e. The van der Waals surface area contributed by atoms with Crippen LogP contribution in [0.3, 0.4) is 0 Å². The Morgan fingerprint density at radius 1 is 1.25 bits per heavy atom. The van der Waals surface area contributed by atoms with Gasteiger partial charge >= 0.3 is 0 Å². The molecule has 0 saturated carbocycles. The van der Waals surface area contributed by atoms with Gasteiger partial charge in [0.1, 0.15) is 18.1 Å². The van der Waals surface area contributed by atoms with Gasteiger partial charge in [0.05, 0.1) is 6.10 Å². The number of benzene rings is 1. The molecule has 1 N–H and O–H groups in total. The van der Waals surface area contributed by atoms with Gasteiger partial charge in [0.2, 0.25) is 0 Å². The van der Waals surface area contributed by atoms with Crippen molar-refractivity contribution in [3.8, 4) is 5.75 Å². The predicted octanol–water partition coefficient (Wildman–Crippen LogP) is 3.71. The summed E-state index contributed by atoms with van der Waals surface area (Å²) in [5.74, 6) is 1.47. The van der Waals surface area contributed by atoms with E-state index in [9.17, 15) is 4.79 Å². The highest BCUT2D eigenvalue weighted by atomic mass is 16.5. The molecule has 0 spiro atoms. The topological polar surface area (TPSA) is 60.7 Å². The van der Waals surface area contributed by atoms with Crippen molar-refractivity contribution in [1.82, 2.24) is 5.32 Å². The molecular weight excluding hydrogens is 306 g/mol. The summed E-state index contributed by atoms with van der Waals surface area (Å²) in [5, 5.41) is 2.81. The molecule has 2 rings (SSSR count). The van der Waals surface area contributed by atoms with Crippen LogP contribution in [0.2, 0.25) is 0 Å². The summed E-state index contributed by atoms with van der Waals surface area (Å²) >= 11 is 0. The maximum Gasteiger partial charge on any atom is 0.286 e. The summed E-state index contributed by atoms with van der Waals surface area (Å²) in [7, 11) is 0. The SMILES string of the molecule is Cc1cccc(OCc2ccc(C(=O)NCCCOC(C)C)o2)c1. The number of ether oxygens (including phenoxy) is 2. The quantitative estimate of drug-likeness (QED) is 0.712. The maximum atomic E-state index is 12.0. The molecule has 24 heavy (non-hydrogen) atoms. The molecule has 0 aliphatic heterocycles. The number of amides is 1. The first-order chi connectivity index (χ1) is 11.5. The largest absolute Gasteiger partial charge is 0.486 e. The molecule has 130 valence electrons. The van der Waals surface area contributed by atoms with E-state index >= 15 is 0 Å². The molecule has 0 radical (unpaired) electrons. The number of hydrogen-bond donors (Lipinski definition) is 1. The zero-order valence-corrected chi connectivity index (χ0v) is 14.5. The monoisotopic (exact) mass is 331 g/mol. The molecule has 2 aromatic rings. The summed E-state index contributed by atoms with van der Waals surface area (Å²) in [6.07, 6.45) is 0.982. The van der Waals surface area contributed by atoms with Gasteiger partial charge in [0, 0.05) is 13.2 Å². The lowest BCUT2D eigenvalue weighted by molar-refractivity contribution is 0.0753. The van der Waals surface area contributed by atoms with Gasteiger partial charge in [-0.25, -0.2) is 0 Å².